The molecule has 0 saturated carbocycles. The first-order chi connectivity index (χ1) is 9.04. The van der Waals surface area contributed by atoms with Crippen molar-refractivity contribution in [3.8, 4) is 0 Å². The van der Waals surface area contributed by atoms with Crippen molar-refractivity contribution in [3.63, 3.8) is 0 Å². The highest BCUT2D eigenvalue weighted by Crippen LogP contribution is 2.18. The number of carbonyl (C=O) groups is 1. The molecule has 1 unspecified atom stereocenters. The first-order valence-electron chi connectivity index (χ1n) is 7.15. The van der Waals surface area contributed by atoms with Crippen LogP contribution in [0.5, 0.6) is 0 Å². The van der Waals surface area contributed by atoms with Gasteiger partial charge in [0.15, 0.2) is 0 Å². The van der Waals surface area contributed by atoms with Crippen molar-refractivity contribution >= 4 is 11.6 Å². The Balaban J connectivity index is 0.000000861. The van der Waals surface area contributed by atoms with E-state index in [0.717, 1.165) is 25.2 Å². The summed E-state index contributed by atoms with van der Waals surface area (Å²) in [6.07, 6.45) is 1.03. The Hall–Kier alpha value is -1.51. The second kappa shape index (κ2) is 7.17. The lowest BCUT2D eigenvalue weighted by atomic mass is 10.1. The van der Waals surface area contributed by atoms with Gasteiger partial charge in [-0.25, -0.2) is 0 Å². The largest absolute Gasteiger partial charge is 0.380 e. The average molecular weight is 262 g/mol. The van der Waals surface area contributed by atoms with Gasteiger partial charge in [-0.1, -0.05) is 19.9 Å². The van der Waals surface area contributed by atoms with Crippen molar-refractivity contribution in [2.24, 2.45) is 0 Å². The molecule has 3 nitrogen and oxygen atoms in total. The van der Waals surface area contributed by atoms with Crippen molar-refractivity contribution in [1.29, 1.82) is 0 Å². The van der Waals surface area contributed by atoms with Gasteiger partial charge in [-0.15, -0.1) is 0 Å². The summed E-state index contributed by atoms with van der Waals surface area (Å²) in [5.74, 6) is 0.176. The van der Waals surface area contributed by atoms with E-state index in [1.165, 1.54) is 11.1 Å². The number of hydrogen-bond donors (Lipinski definition) is 1. The minimum atomic E-state index is 0.176. The Morgan fingerprint density at radius 2 is 1.79 bits per heavy atom. The Morgan fingerprint density at radius 1 is 1.21 bits per heavy atom. The number of aryl methyl sites for hydroxylation is 2. The Bertz CT molecular complexity index is 409. The van der Waals surface area contributed by atoms with Crippen LogP contribution in [-0.4, -0.2) is 29.9 Å². The van der Waals surface area contributed by atoms with Crippen LogP contribution in [0.15, 0.2) is 18.2 Å². The molecule has 19 heavy (non-hydrogen) atoms. The lowest BCUT2D eigenvalue weighted by molar-refractivity contribution is -0.127. The summed E-state index contributed by atoms with van der Waals surface area (Å²) >= 11 is 0. The first kappa shape index (κ1) is 15.5. The summed E-state index contributed by atoms with van der Waals surface area (Å²) in [6.45, 7) is 11.5. The van der Waals surface area contributed by atoms with Crippen molar-refractivity contribution in [3.05, 3.63) is 29.3 Å². The fraction of sp³-hybridized carbons (Fsp3) is 0.562. The maximum atomic E-state index is 11.3. The molecule has 106 valence electrons. The summed E-state index contributed by atoms with van der Waals surface area (Å²) in [5, 5.41) is 3.51. The molecule has 0 spiro atoms. The molecule has 1 N–H and O–H groups in total. The molecule has 1 aliphatic rings. The number of likely N-dealkylation sites (tertiary alicyclic amines) is 1. The molecule has 0 radical (unpaired) electrons. The van der Waals surface area contributed by atoms with Crippen molar-refractivity contribution < 1.29 is 4.79 Å². The van der Waals surface area contributed by atoms with Crippen LogP contribution in [0.3, 0.4) is 0 Å². The van der Waals surface area contributed by atoms with E-state index in [1.807, 2.05) is 18.7 Å². The fourth-order valence-corrected chi connectivity index (χ4v) is 2.46. The standard InChI is InChI=1S/C14H20N2O.C2H6/c1-10-6-11(2)8-14(7-10)15-13-4-5-16(9-13)12(3)17;1-2/h6-8,13,15H,4-5,9H2,1-3H3;1-2H3. The van der Waals surface area contributed by atoms with Crippen molar-refractivity contribution in [2.45, 2.75) is 47.1 Å². The lowest BCUT2D eigenvalue weighted by Crippen LogP contribution is -2.29. The summed E-state index contributed by atoms with van der Waals surface area (Å²) in [4.78, 5) is 13.2. The van der Waals surface area contributed by atoms with Crippen LogP contribution in [0.1, 0.15) is 38.3 Å². The number of rotatable bonds is 2. The second-order valence-electron chi connectivity index (χ2n) is 4.97. The molecule has 1 atom stereocenters. The SMILES string of the molecule is CC.CC(=O)N1CCC(Nc2cc(C)cc(C)c2)C1. The van der Waals surface area contributed by atoms with E-state index in [2.05, 4.69) is 37.4 Å². The molecule has 0 aliphatic carbocycles. The normalized spacial score (nSPS) is 17.7. The van der Waals surface area contributed by atoms with Gasteiger partial charge in [-0.05, 0) is 43.5 Å². The zero-order valence-corrected chi connectivity index (χ0v) is 12.8. The maximum Gasteiger partial charge on any atom is 0.219 e. The van der Waals surface area contributed by atoms with Gasteiger partial charge in [0.2, 0.25) is 5.91 Å². The number of carbonyl (C=O) groups excluding carboxylic acids is 1. The average Bonchev–Trinajstić information content (AvgIpc) is 2.79. The summed E-state index contributed by atoms with van der Waals surface area (Å²) in [6, 6.07) is 6.87. The van der Waals surface area contributed by atoms with E-state index >= 15 is 0 Å². The monoisotopic (exact) mass is 262 g/mol. The van der Waals surface area contributed by atoms with E-state index in [-0.39, 0.29) is 5.91 Å². The Morgan fingerprint density at radius 3 is 2.26 bits per heavy atom. The van der Waals surface area contributed by atoms with Gasteiger partial charge in [-0.2, -0.15) is 0 Å². The van der Waals surface area contributed by atoms with Gasteiger partial charge in [0.25, 0.3) is 0 Å². The Kier molecular flexibility index (Phi) is 5.87. The highest BCUT2D eigenvalue weighted by molar-refractivity contribution is 5.73. The van der Waals surface area contributed by atoms with E-state index in [4.69, 9.17) is 0 Å². The molecular formula is C16H26N2O. The van der Waals surface area contributed by atoms with Gasteiger partial charge < -0.3 is 10.2 Å². The van der Waals surface area contributed by atoms with Gasteiger partial charge in [0, 0.05) is 31.7 Å². The summed E-state index contributed by atoms with van der Waals surface area (Å²) in [7, 11) is 0. The van der Waals surface area contributed by atoms with Crippen LogP contribution in [0, 0.1) is 13.8 Å². The van der Waals surface area contributed by atoms with E-state index in [0.29, 0.717) is 6.04 Å². The number of nitrogens with one attached hydrogen (secondary N) is 1. The molecule has 0 bridgehead atoms. The molecule has 1 saturated heterocycles. The predicted molar refractivity (Wildman–Crippen MR) is 81.5 cm³/mol. The lowest BCUT2D eigenvalue weighted by Gasteiger charge is -2.16. The predicted octanol–water partition coefficient (Wildman–Crippen LogP) is 3.36. The van der Waals surface area contributed by atoms with Crippen molar-refractivity contribution in [2.75, 3.05) is 18.4 Å². The highest BCUT2D eigenvalue weighted by atomic mass is 16.2. The molecule has 1 aromatic carbocycles. The van der Waals surface area contributed by atoms with Crippen LogP contribution in [0.25, 0.3) is 0 Å². The molecule has 1 fully saturated rings. The first-order valence-corrected chi connectivity index (χ1v) is 7.15. The summed E-state index contributed by atoms with van der Waals surface area (Å²) < 4.78 is 0. The molecule has 1 aromatic rings. The number of anilines is 1. The second-order valence-corrected chi connectivity index (χ2v) is 4.97. The van der Waals surface area contributed by atoms with Crippen molar-refractivity contribution in [1.82, 2.24) is 4.90 Å². The Labute approximate surface area is 117 Å². The number of hydrogen-bond acceptors (Lipinski definition) is 2. The number of amides is 1. The quantitative estimate of drug-likeness (QED) is 0.886. The van der Waals surface area contributed by atoms with Gasteiger partial charge in [-0.3, -0.25) is 4.79 Å². The minimum Gasteiger partial charge on any atom is -0.380 e. The molecule has 2 rings (SSSR count). The van der Waals surface area contributed by atoms with Gasteiger partial charge in [0.1, 0.15) is 0 Å². The van der Waals surface area contributed by atoms with E-state index in [1.54, 1.807) is 6.92 Å². The topological polar surface area (TPSA) is 32.3 Å². The molecule has 1 aliphatic heterocycles. The highest BCUT2D eigenvalue weighted by Gasteiger charge is 2.23. The number of nitrogens with zero attached hydrogens (tertiary/aromatic N) is 1. The van der Waals surface area contributed by atoms with Crippen LogP contribution in [0.4, 0.5) is 5.69 Å². The smallest absolute Gasteiger partial charge is 0.219 e. The molecule has 0 aromatic heterocycles. The van der Waals surface area contributed by atoms with E-state index in [9.17, 15) is 4.79 Å². The molecule has 1 heterocycles. The van der Waals surface area contributed by atoms with Crippen LogP contribution < -0.4 is 5.32 Å². The molecule has 3 heteroatoms. The third-order valence-corrected chi connectivity index (χ3v) is 3.23. The van der Waals surface area contributed by atoms with Gasteiger partial charge in [0.05, 0.1) is 0 Å². The number of benzene rings is 1. The maximum absolute atomic E-state index is 11.3. The van der Waals surface area contributed by atoms with Crippen LogP contribution >= 0.6 is 0 Å². The third kappa shape index (κ3) is 4.58. The third-order valence-electron chi connectivity index (χ3n) is 3.23. The zero-order valence-electron chi connectivity index (χ0n) is 12.8. The fourth-order valence-electron chi connectivity index (χ4n) is 2.46. The van der Waals surface area contributed by atoms with Gasteiger partial charge >= 0.3 is 0 Å². The van der Waals surface area contributed by atoms with E-state index < -0.39 is 0 Å². The molecular weight excluding hydrogens is 236 g/mol. The summed E-state index contributed by atoms with van der Waals surface area (Å²) in [5.41, 5.74) is 3.71. The zero-order chi connectivity index (χ0) is 14.4. The molecule has 1 amide bonds. The van der Waals surface area contributed by atoms with Crippen LogP contribution in [0.2, 0.25) is 0 Å². The van der Waals surface area contributed by atoms with Crippen LogP contribution in [-0.2, 0) is 4.79 Å². The minimum absolute atomic E-state index is 0.176.